The van der Waals surface area contributed by atoms with E-state index in [2.05, 4.69) is 72.8 Å². The number of fused-ring (bicyclic) bond motifs is 2. The zero-order valence-corrected chi connectivity index (χ0v) is 14.3. The fourth-order valence-electron chi connectivity index (χ4n) is 2.74. The molecular weight excluding hydrogens is 329 g/mol. The van der Waals surface area contributed by atoms with E-state index in [4.69, 9.17) is 0 Å². The number of hydrogen-bond donors (Lipinski definition) is 0. The van der Waals surface area contributed by atoms with E-state index < -0.39 is 0 Å². The molecule has 0 aliphatic carbocycles. The zero-order chi connectivity index (χ0) is 13.4. The minimum absolute atomic E-state index is 0. The molecule has 0 heterocycles. The predicted octanol–water partition coefficient (Wildman–Crippen LogP) is 5.26. The average molecular weight is 341 g/mol. The maximum absolute atomic E-state index is 3.39. The van der Waals surface area contributed by atoms with Crippen LogP contribution in [0.2, 0.25) is 0 Å². The normalized spacial score (nSPS) is 10.5. The van der Waals surface area contributed by atoms with E-state index in [1.807, 2.05) is 12.1 Å². The van der Waals surface area contributed by atoms with Crippen LogP contribution >= 0.6 is 0 Å². The smallest absolute Gasteiger partial charge is 0 e. The molecule has 0 atom stereocenters. The quantitative estimate of drug-likeness (QED) is 0.415. The molecule has 0 aliphatic heterocycles. The van der Waals surface area contributed by atoms with Crippen LogP contribution in [-0.2, 0) is 32.7 Å². The third kappa shape index (κ3) is 2.54. The van der Waals surface area contributed by atoms with Crippen LogP contribution in [0.25, 0.3) is 32.7 Å². The average Bonchev–Trinajstić information content (AvgIpc) is 2.54. The molecule has 0 saturated heterocycles. The molecule has 0 unspecified atom stereocenters. The fraction of sp³-hybridized carbons (Fsp3) is 0. The van der Waals surface area contributed by atoms with Crippen LogP contribution in [0.15, 0.2) is 72.8 Å². The van der Waals surface area contributed by atoms with Gasteiger partial charge in [-0.3, -0.25) is 0 Å². The van der Waals surface area contributed by atoms with Crippen LogP contribution in [0.3, 0.4) is 0 Å². The van der Waals surface area contributed by atoms with Gasteiger partial charge < -0.3 is 0 Å². The molecule has 21 heavy (non-hydrogen) atoms. The van der Waals surface area contributed by atoms with E-state index in [1.54, 1.807) is 0 Å². The van der Waals surface area contributed by atoms with Crippen LogP contribution < -0.4 is 0 Å². The van der Waals surface area contributed by atoms with Gasteiger partial charge in [-0.2, -0.15) is 24.3 Å². The Bertz CT molecular complexity index is 821. The summed E-state index contributed by atoms with van der Waals surface area (Å²) in [6, 6.07) is 31.8. The molecule has 0 aliphatic rings. The number of rotatable bonds is 1. The molecule has 4 rings (SSSR count). The summed E-state index contributed by atoms with van der Waals surface area (Å²) in [6.07, 6.45) is 0. The molecule has 0 fully saturated rings. The summed E-state index contributed by atoms with van der Waals surface area (Å²) in [6.45, 7) is 0. The van der Waals surface area contributed by atoms with Crippen LogP contribution in [0.5, 0.6) is 0 Å². The van der Waals surface area contributed by atoms with Gasteiger partial charge in [0.05, 0.1) is 0 Å². The van der Waals surface area contributed by atoms with Crippen molar-refractivity contribution in [3.63, 3.8) is 0 Å². The second-order valence-corrected chi connectivity index (χ2v) is 4.88. The molecule has 0 bridgehead atoms. The molecule has 0 spiro atoms. The summed E-state index contributed by atoms with van der Waals surface area (Å²) in [5.74, 6) is 0. The van der Waals surface area contributed by atoms with Crippen molar-refractivity contribution < 1.29 is 32.7 Å². The first-order valence-electron chi connectivity index (χ1n) is 6.73. The Morgan fingerprint density at radius 3 is 1.43 bits per heavy atom. The van der Waals surface area contributed by atoms with Gasteiger partial charge in [-0.1, -0.05) is 36.4 Å². The first-order valence-corrected chi connectivity index (χ1v) is 6.73. The van der Waals surface area contributed by atoms with Crippen molar-refractivity contribution in [2.45, 2.75) is 0 Å². The summed E-state index contributed by atoms with van der Waals surface area (Å²) in [5.41, 5.74) is 2.25. The van der Waals surface area contributed by atoms with Crippen molar-refractivity contribution in [2.75, 3.05) is 0 Å². The Kier molecular flexibility index (Phi) is 4.19. The molecule has 97 valence electrons. The molecule has 0 saturated carbocycles. The molecule has 4 aromatic rings. The summed E-state index contributed by atoms with van der Waals surface area (Å²) in [7, 11) is 0. The van der Waals surface area contributed by atoms with E-state index in [0.717, 1.165) is 11.1 Å². The standard InChI is InChI=1S/C20H12.Y/c1-3-11-17-15(7-1)9-5-13-19(17)20-14-6-10-16-8-2-4-12-18(16)20;/h1-12H;/q-2;. The van der Waals surface area contributed by atoms with Gasteiger partial charge in [0.25, 0.3) is 0 Å². The number of benzene rings is 4. The Balaban J connectivity index is 0.00000132. The Labute approximate surface area is 149 Å². The van der Waals surface area contributed by atoms with Crippen LogP contribution in [0, 0.1) is 12.1 Å². The fourth-order valence-corrected chi connectivity index (χ4v) is 2.74. The van der Waals surface area contributed by atoms with Crippen molar-refractivity contribution in [1.29, 1.82) is 0 Å². The maximum Gasteiger partial charge on any atom is 0 e. The van der Waals surface area contributed by atoms with E-state index in [0.29, 0.717) is 0 Å². The second-order valence-electron chi connectivity index (χ2n) is 4.88. The minimum Gasteiger partial charge on any atom is -0.218 e. The molecule has 1 radical (unpaired) electrons. The molecular formula is C20H12Y-2. The van der Waals surface area contributed by atoms with E-state index in [-0.39, 0.29) is 32.7 Å². The van der Waals surface area contributed by atoms with Gasteiger partial charge in [0, 0.05) is 32.7 Å². The topological polar surface area (TPSA) is 0 Å². The maximum atomic E-state index is 3.39. The molecule has 0 nitrogen and oxygen atoms in total. The molecule has 1 heteroatoms. The van der Waals surface area contributed by atoms with Gasteiger partial charge in [-0.05, 0) is 0 Å². The predicted molar refractivity (Wildman–Crippen MR) is 84.6 cm³/mol. The minimum atomic E-state index is 0. The summed E-state index contributed by atoms with van der Waals surface area (Å²) < 4.78 is 0. The first kappa shape index (κ1) is 14.4. The second kappa shape index (κ2) is 6.09. The Hall–Kier alpha value is -1.50. The van der Waals surface area contributed by atoms with E-state index >= 15 is 0 Å². The van der Waals surface area contributed by atoms with Gasteiger partial charge >= 0.3 is 0 Å². The summed E-state index contributed by atoms with van der Waals surface area (Å²) >= 11 is 0. The van der Waals surface area contributed by atoms with Gasteiger partial charge in [-0.25, -0.2) is 11.1 Å². The Morgan fingerprint density at radius 2 is 0.952 bits per heavy atom. The van der Waals surface area contributed by atoms with Crippen LogP contribution in [-0.4, -0.2) is 0 Å². The van der Waals surface area contributed by atoms with Crippen LogP contribution in [0.4, 0.5) is 0 Å². The Morgan fingerprint density at radius 1 is 0.524 bits per heavy atom. The van der Waals surface area contributed by atoms with Gasteiger partial charge in [0.2, 0.25) is 0 Å². The van der Waals surface area contributed by atoms with Crippen molar-refractivity contribution in [1.82, 2.24) is 0 Å². The molecule has 0 amide bonds. The molecule has 4 aromatic carbocycles. The van der Waals surface area contributed by atoms with Gasteiger partial charge in [0.1, 0.15) is 0 Å². The monoisotopic (exact) mass is 341 g/mol. The van der Waals surface area contributed by atoms with Crippen molar-refractivity contribution in [2.24, 2.45) is 0 Å². The third-order valence-electron chi connectivity index (χ3n) is 3.69. The van der Waals surface area contributed by atoms with E-state index in [1.165, 1.54) is 21.5 Å². The van der Waals surface area contributed by atoms with Gasteiger partial charge in [-0.15, -0.1) is 45.8 Å². The summed E-state index contributed by atoms with van der Waals surface area (Å²) in [4.78, 5) is 0. The first-order chi connectivity index (χ1) is 9.93. The largest absolute Gasteiger partial charge is 0.218 e. The third-order valence-corrected chi connectivity index (χ3v) is 3.69. The molecule has 0 N–H and O–H groups in total. The van der Waals surface area contributed by atoms with Crippen molar-refractivity contribution >= 4 is 21.5 Å². The van der Waals surface area contributed by atoms with Crippen molar-refractivity contribution in [3.8, 4) is 11.1 Å². The SMILES string of the molecule is [Y].[c-]1ccc2ccccc2c1-c1[c-]ccc2ccccc12. The van der Waals surface area contributed by atoms with Crippen molar-refractivity contribution in [3.05, 3.63) is 84.9 Å². The molecule has 0 aromatic heterocycles. The van der Waals surface area contributed by atoms with Crippen LogP contribution in [0.1, 0.15) is 0 Å². The zero-order valence-electron chi connectivity index (χ0n) is 11.5. The number of hydrogen-bond acceptors (Lipinski definition) is 0. The van der Waals surface area contributed by atoms with Gasteiger partial charge in [0.15, 0.2) is 0 Å². The summed E-state index contributed by atoms with van der Waals surface area (Å²) in [5, 5.41) is 4.93. The van der Waals surface area contributed by atoms with E-state index in [9.17, 15) is 0 Å².